The number of fused-ring (bicyclic) bond motifs is 1. The highest BCUT2D eigenvalue weighted by Crippen LogP contribution is 2.31. The Morgan fingerprint density at radius 3 is 2.61 bits per heavy atom. The van der Waals surface area contributed by atoms with Gasteiger partial charge in [0.05, 0.1) is 23.5 Å². The number of ether oxygens (including phenoxy) is 1. The maximum Gasteiger partial charge on any atom is 0.122 e. The number of hydrogen-bond donors (Lipinski definition) is 1. The van der Waals surface area contributed by atoms with E-state index >= 15 is 0 Å². The summed E-state index contributed by atoms with van der Waals surface area (Å²) in [6, 6.07) is 11.4. The second-order valence-corrected chi connectivity index (χ2v) is 7.40. The molecule has 1 aromatic heterocycles. The first-order valence-electron chi connectivity index (χ1n) is 9.10. The number of aliphatic hydroxyl groups is 1. The van der Waals surface area contributed by atoms with Crippen LogP contribution in [-0.4, -0.2) is 54.7 Å². The molecule has 8 heteroatoms. The highest BCUT2D eigenvalue weighted by Gasteiger charge is 2.21. The molecule has 146 valence electrons. The molecule has 0 atom stereocenters. The summed E-state index contributed by atoms with van der Waals surface area (Å²) in [5.41, 5.74) is 2.79. The van der Waals surface area contributed by atoms with Crippen molar-refractivity contribution in [3.63, 3.8) is 0 Å². The van der Waals surface area contributed by atoms with Crippen molar-refractivity contribution in [3.8, 4) is 5.75 Å². The minimum atomic E-state index is -0.0293. The van der Waals surface area contributed by atoms with Gasteiger partial charge in [-0.15, -0.1) is 5.10 Å². The van der Waals surface area contributed by atoms with Gasteiger partial charge in [-0.2, -0.15) is 5.10 Å². The van der Waals surface area contributed by atoms with Gasteiger partial charge in [-0.1, -0.05) is 35.3 Å². The average molecular weight is 419 g/mol. The Kier molecular flexibility index (Phi) is 5.71. The Hall–Kier alpha value is -2.28. The molecule has 2 aromatic carbocycles. The van der Waals surface area contributed by atoms with Crippen LogP contribution in [0.4, 0.5) is 11.4 Å². The highest BCUT2D eigenvalue weighted by molar-refractivity contribution is 6.35. The zero-order valence-corrected chi connectivity index (χ0v) is 16.7. The first-order valence-corrected chi connectivity index (χ1v) is 9.85. The molecular formula is C20H20Cl2N4O2. The monoisotopic (exact) mass is 418 g/mol. The number of hydrogen-bond acceptors (Lipinski definition) is 6. The molecule has 28 heavy (non-hydrogen) atoms. The van der Waals surface area contributed by atoms with Crippen LogP contribution in [0, 0.1) is 0 Å². The molecule has 0 spiro atoms. The summed E-state index contributed by atoms with van der Waals surface area (Å²) in [4.78, 5) is 4.58. The summed E-state index contributed by atoms with van der Waals surface area (Å²) >= 11 is 12.5. The molecule has 2 heterocycles. The van der Waals surface area contributed by atoms with E-state index in [1.165, 1.54) is 0 Å². The van der Waals surface area contributed by atoms with Crippen molar-refractivity contribution in [2.24, 2.45) is 0 Å². The third kappa shape index (κ3) is 3.94. The minimum Gasteiger partial charge on any atom is -0.491 e. The van der Waals surface area contributed by atoms with Gasteiger partial charge in [0.2, 0.25) is 0 Å². The maximum absolute atomic E-state index is 8.95. The van der Waals surface area contributed by atoms with E-state index in [0.717, 1.165) is 48.5 Å². The van der Waals surface area contributed by atoms with Crippen LogP contribution in [0.25, 0.3) is 10.9 Å². The standard InChI is InChI=1S/C20H20Cl2N4O2/c21-14-10-15(12-16(11-14)28-9-8-27)25-4-6-26(7-5-25)19-13-23-24-20-17(19)2-1-3-18(20)22/h1-3,10-13,27H,4-9H2. The van der Waals surface area contributed by atoms with Gasteiger partial charge in [0.1, 0.15) is 17.9 Å². The molecule has 1 fully saturated rings. The lowest BCUT2D eigenvalue weighted by atomic mass is 10.1. The quantitative estimate of drug-likeness (QED) is 0.682. The third-order valence-corrected chi connectivity index (χ3v) is 5.33. The zero-order valence-electron chi connectivity index (χ0n) is 15.2. The van der Waals surface area contributed by atoms with Crippen LogP contribution in [-0.2, 0) is 0 Å². The Labute approximate surface area is 173 Å². The molecule has 4 rings (SSSR count). The van der Waals surface area contributed by atoms with Gasteiger partial charge in [-0.3, -0.25) is 0 Å². The van der Waals surface area contributed by atoms with Crippen molar-refractivity contribution in [3.05, 3.63) is 52.6 Å². The van der Waals surface area contributed by atoms with E-state index in [1.807, 2.05) is 30.3 Å². The molecule has 0 radical (unpaired) electrons. The van der Waals surface area contributed by atoms with Crippen LogP contribution < -0.4 is 14.5 Å². The number of halogens is 2. The second-order valence-electron chi connectivity index (χ2n) is 6.56. The predicted molar refractivity (Wildman–Crippen MR) is 113 cm³/mol. The van der Waals surface area contributed by atoms with Crippen molar-refractivity contribution < 1.29 is 9.84 Å². The fraction of sp³-hybridized carbons (Fsp3) is 0.300. The van der Waals surface area contributed by atoms with Crippen molar-refractivity contribution in [1.29, 1.82) is 0 Å². The first-order chi connectivity index (χ1) is 13.7. The van der Waals surface area contributed by atoms with Crippen molar-refractivity contribution in [2.75, 3.05) is 49.2 Å². The Morgan fingerprint density at radius 1 is 1.04 bits per heavy atom. The van der Waals surface area contributed by atoms with E-state index in [0.29, 0.717) is 15.8 Å². The van der Waals surface area contributed by atoms with Crippen molar-refractivity contribution in [1.82, 2.24) is 10.2 Å². The Bertz CT molecular complexity index is 978. The lowest BCUT2D eigenvalue weighted by Crippen LogP contribution is -2.46. The van der Waals surface area contributed by atoms with Crippen molar-refractivity contribution >= 4 is 45.5 Å². The maximum atomic E-state index is 8.95. The van der Waals surface area contributed by atoms with Crippen molar-refractivity contribution in [2.45, 2.75) is 0 Å². The Morgan fingerprint density at radius 2 is 1.82 bits per heavy atom. The molecule has 1 aliphatic rings. The lowest BCUT2D eigenvalue weighted by molar-refractivity contribution is 0.201. The van der Waals surface area contributed by atoms with Crippen LogP contribution in [0.1, 0.15) is 0 Å². The largest absolute Gasteiger partial charge is 0.491 e. The summed E-state index contributed by atoms with van der Waals surface area (Å²) in [6.07, 6.45) is 1.80. The molecule has 0 amide bonds. The number of piperazine rings is 1. The summed E-state index contributed by atoms with van der Waals surface area (Å²) < 4.78 is 5.52. The van der Waals surface area contributed by atoms with E-state index in [4.69, 9.17) is 33.0 Å². The molecule has 0 bridgehead atoms. The van der Waals surface area contributed by atoms with E-state index in [2.05, 4.69) is 20.0 Å². The molecule has 0 aliphatic carbocycles. The van der Waals surface area contributed by atoms with Crippen LogP contribution in [0.3, 0.4) is 0 Å². The van der Waals surface area contributed by atoms with Crippen LogP contribution in [0.5, 0.6) is 5.75 Å². The van der Waals surface area contributed by atoms with Crippen LogP contribution in [0.2, 0.25) is 10.0 Å². The molecule has 1 N–H and O–H groups in total. The van der Waals surface area contributed by atoms with Crippen LogP contribution >= 0.6 is 23.2 Å². The fourth-order valence-corrected chi connectivity index (χ4v) is 3.90. The number of nitrogens with zero attached hydrogens (tertiary/aromatic N) is 4. The van der Waals surface area contributed by atoms with Gasteiger partial charge in [0.25, 0.3) is 0 Å². The van der Waals surface area contributed by atoms with Gasteiger partial charge >= 0.3 is 0 Å². The van der Waals surface area contributed by atoms with Crippen LogP contribution in [0.15, 0.2) is 42.6 Å². The molecule has 1 aliphatic heterocycles. The molecule has 0 saturated carbocycles. The van der Waals surface area contributed by atoms with Gasteiger partial charge in [-0.05, 0) is 18.2 Å². The number of anilines is 2. The van der Waals surface area contributed by atoms with Gasteiger partial charge in [-0.25, -0.2) is 0 Å². The normalized spacial score (nSPS) is 14.5. The topological polar surface area (TPSA) is 61.7 Å². The van der Waals surface area contributed by atoms with E-state index < -0.39 is 0 Å². The summed E-state index contributed by atoms with van der Waals surface area (Å²) in [7, 11) is 0. The predicted octanol–water partition coefficient (Wildman–Crippen LogP) is 3.63. The summed E-state index contributed by atoms with van der Waals surface area (Å²) in [5.74, 6) is 0.665. The summed E-state index contributed by atoms with van der Waals surface area (Å²) in [6.45, 7) is 3.57. The molecule has 1 saturated heterocycles. The number of aromatic nitrogens is 2. The van der Waals surface area contributed by atoms with E-state index in [1.54, 1.807) is 12.3 Å². The highest BCUT2D eigenvalue weighted by atomic mass is 35.5. The molecule has 0 unspecified atom stereocenters. The smallest absolute Gasteiger partial charge is 0.122 e. The fourth-order valence-electron chi connectivity index (χ4n) is 3.47. The Balaban J connectivity index is 1.51. The van der Waals surface area contributed by atoms with Gasteiger partial charge in [0.15, 0.2) is 0 Å². The molecule has 3 aromatic rings. The lowest BCUT2D eigenvalue weighted by Gasteiger charge is -2.37. The third-order valence-electron chi connectivity index (χ3n) is 4.80. The molecule has 6 nitrogen and oxygen atoms in total. The number of benzene rings is 2. The number of rotatable bonds is 5. The van der Waals surface area contributed by atoms with Gasteiger partial charge < -0.3 is 19.6 Å². The van der Waals surface area contributed by atoms with Gasteiger partial charge in [0, 0.05) is 48.3 Å². The number of aliphatic hydroxyl groups excluding tert-OH is 1. The average Bonchev–Trinajstić information content (AvgIpc) is 2.72. The molecular weight excluding hydrogens is 399 g/mol. The first kappa shape index (κ1) is 19.1. The zero-order chi connectivity index (χ0) is 19.5. The SMILES string of the molecule is OCCOc1cc(Cl)cc(N2CCN(c3cnnc4c(Cl)cccc34)CC2)c1. The minimum absolute atomic E-state index is 0.0293. The van der Waals surface area contributed by atoms with E-state index in [-0.39, 0.29) is 13.2 Å². The second kappa shape index (κ2) is 8.39. The summed E-state index contributed by atoms with van der Waals surface area (Å²) in [5, 5.41) is 19.5. The van der Waals surface area contributed by atoms with E-state index in [9.17, 15) is 0 Å².